The van der Waals surface area contributed by atoms with E-state index in [-0.39, 0.29) is 49.7 Å². The summed E-state index contributed by atoms with van der Waals surface area (Å²) in [7, 11) is 0. The van der Waals surface area contributed by atoms with Gasteiger partial charge in [-0.3, -0.25) is 28.6 Å². The number of carbonyl (C=O) groups is 4. The third-order valence-electron chi connectivity index (χ3n) is 6.43. The van der Waals surface area contributed by atoms with E-state index in [1.54, 1.807) is 6.07 Å². The number of carbonyl (C=O) groups excluding carboxylic acids is 4. The van der Waals surface area contributed by atoms with Crippen molar-refractivity contribution in [2.45, 2.75) is 18.9 Å². The predicted molar refractivity (Wildman–Crippen MR) is 132 cm³/mol. The van der Waals surface area contributed by atoms with Crippen molar-refractivity contribution in [1.29, 1.82) is 0 Å². The molecule has 1 atom stereocenters. The molecule has 3 amide bonds. The maximum atomic E-state index is 12.5. The van der Waals surface area contributed by atoms with Crippen molar-refractivity contribution < 1.29 is 34.1 Å². The van der Waals surface area contributed by atoms with E-state index in [1.807, 2.05) is 36.4 Å². The number of hydrogen-bond acceptors (Lipinski definition) is 7. The molecule has 10 heteroatoms. The maximum Gasteiger partial charge on any atom is 0.326 e. The van der Waals surface area contributed by atoms with Crippen LogP contribution in [0.2, 0.25) is 0 Å². The fourth-order valence-electron chi connectivity index (χ4n) is 4.62. The number of rotatable bonds is 8. The Labute approximate surface area is 211 Å². The highest BCUT2D eigenvalue weighted by molar-refractivity contribution is 6.13. The first kappa shape index (κ1) is 23.9. The van der Waals surface area contributed by atoms with Crippen LogP contribution in [0.5, 0.6) is 11.8 Å². The zero-order valence-electron chi connectivity index (χ0n) is 19.6. The van der Waals surface area contributed by atoms with Gasteiger partial charge in [0, 0.05) is 48.9 Å². The highest BCUT2D eigenvalue weighted by Gasteiger charge is 2.30. The molecule has 2 aromatic carbocycles. The van der Waals surface area contributed by atoms with Crippen LogP contribution < -0.4 is 5.32 Å². The van der Waals surface area contributed by atoms with E-state index in [0.717, 1.165) is 31.7 Å². The second-order valence-electron chi connectivity index (χ2n) is 8.72. The second kappa shape index (κ2) is 9.65. The molecule has 10 nitrogen and oxygen atoms in total. The van der Waals surface area contributed by atoms with Crippen LogP contribution in [-0.2, 0) is 30.5 Å². The number of aromatic nitrogens is 1. The molecule has 1 aromatic heterocycles. The standard InChI is InChI=1S/C27H23N3O7/c31-22(11-12-29-23(32)7-8-24(29)33)28-16-5-6-19-17-3-1-2-4-18(17)21(20(19)13-16)15-37-27(36)14-30-25(34)9-10-26(30)35/h1-10,13,21,34-35H,11-12,14-15H2,(H,28,31). The van der Waals surface area contributed by atoms with Crippen LogP contribution in [0.15, 0.2) is 66.7 Å². The molecule has 2 heterocycles. The van der Waals surface area contributed by atoms with E-state index >= 15 is 0 Å². The number of hydrogen-bond donors (Lipinski definition) is 3. The first-order chi connectivity index (χ1) is 17.8. The van der Waals surface area contributed by atoms with Gasteiger partial charge in [0.05, 0.1) is 0 Å². The Kier molecular flexibility index (Phi) is 6.22. The lowest BCUT2D eigenvalue weighted by atomic mass is 9.97. The zero-order chi connectivity index (χ0) is 26.1. The topological polar surface area (TPSA) is 138 Å². The van der Waals surface area contributed by atoms with Gasteiger partial charge in [-0.25, -0.2) is 0 Å². The Morgan fingerprint density at radius 2 is 1.57 bits per heavy atom. The summed E-state index contributed by atoms with van der Waals surface area (Å²) in [6.07, 6.45) is 2.31. The quantitative estimate of drug-likeness (QED) is 0.318. The van der Waals surface area contributed by atoms with Gasteiger partial charge in [-0.2, -0.15) is 0 Å². The van der Waals surface area contributed by atoms with Gasteiger partial charge in [0.2, 0.25) is 5.91 Å². The van der Waals surface area contributed by atoms with Crippen LogP contribution >= 0.6 is 0 Å². The Morgan fingerprint density at radius 1 is 0.892 bits per heavy atom. The minimum Gasteiger partial charge on any atom is -0.494 e. The SMILES string of the molecule is O=C(CCN1C(=O)C=CC1=O)Nc1ccc2c(c1)C(COC(=O)Cn1c(O)ccc1O)c1ccccc1-2. The molecular formula is C27H23N3O7. The molecule has 0 radical (unpaired) electrons. The van der Waals surface area contributed by atoms with E-state index in [0.29, 0.717) is 5.69 Å². The molecule has 0 saturated heterocycles. The van der Waals surface area contributed by atoms with Crippen LogP contribution in [0.1, 0.15) is 23.5 Å². The molecule has 37 heavy (non-hydrogen) atoms. The monoisotopic (exact) mass is 501 g/mol. The summed E-state index contributed by atoms with van der Waals surface area (Å²) >= 11 is 0. The summed E-state index contributed by atoms with van der Waals surface area (Å²) < 4.78 is 6.55. The van der Waals surface area contributed by atoms with Crippen molar-refractivity contribution in [2.75, 3.05) is 18.5 Å². The molecule has 1 aliphatic carbocycles. The van der Waals surface area contributed by atoms with Crippen molar-refractivity contribution in [3.8, 4) is 22.9 Å². The fourth-order valence-corrected chi connectivity index (χ4v) is 4.62. The lowest BCUT2D eigenvalue weighted by Crippen LogP contribution is -2.33. The average molecular weight is 501 g/mol. The third kappa shape index (κ3) is 4.68. The van der Waals surface area contributed by atoms with Crippen molar-refractivity contribution in [1.82, 2.24) is 9.47 Å². The molecule has 3 aromatic rings. The number of nitrogens with one attached hydrogen (secondary N) is 1. The van der Waals surface area contributed by atoms with Crippen molar-refractivity contribution >= 4 is 29.4 Å². The molecule has 5 rings (SSSR count). The first-order valence-electron chi connectivity index (χ1n) is 11.6. The maximum absolute atomic E-state index is 12.5. The minimum atomic E-state index is -0.627. The fraction of sp³-hybridized carbons (Fsp3) is 0.185. The number of esters is 1. The van der Waals surface area contributed by atoms with E-state index in [4.69, 9.17) is 4.74 Å². The van der Waals surface area contributed by atoms with Gasteiger partial charge in [-0.1, -0.05) is 30.3 Å². The Hall–Kier alpha value is -4.86. The van der Waals surface area contributed by atoms with Gasteiger partial charge in [0.15, 0.2) is 11.8 Å². The molecule has 0 fully saturated rings. The third-order valence-corrected chi connectivity index (χ3v) is 6.43. The molecular weight excluding hydrogens is 478 g/mol. The minimum absolute atomic E-state index is 0.0159. The molecule has 188 valence electrons. The summed E-state index contributed by atoms with van der Waals surface area (Å²) in [5, 5.41) is 22.3. The summed E-state index contributed by atoms with van der Waals surface area (Å²) in [6.45, 7) is -0.341. The lowest BCUT2D eigenvalue weighted by molar-refractivity contribution is -0.145. The van der Waals surface area contributed by atoms with E-state index < -0.39 is 17.8 Å². The highest BCUT2D eigenvalue weighted by atomic mass is 16.5. The Morgan fingerprint density at radius 3 is 2.30 bits per heavy atom. The van der Waals surface area contributed by atoms with Crippen LogP contribution in [0.3, 0.4) is 0 Å². The lowest BCUT2D eigenvalue weighted by Gasteiger charge is -2.16. The Balaban J connectivity index is 1.28. The first-order valence-corrected chi connectivity index (χ1v) is 11.6. The molecule has 0 spiro atoms. The molecule has 0 bridgehead atoms. The summed E-state index contributed by atoms with van der Waals surface area (Å²) in [4.78, 5) is 49.3. The van der Waals surface area contributed by atoms with Crippen LogP contribution in [0.4, 0.5) is 5.69 Å². The molecule has 0 saturated carbocycles. The second-order valence-corrected chi connectivity index (χ2v) is 8.72. The molecule has 3 N–H and O–H groups in total. The van der Waals surface area contributed by atoms with Crippen LogP contribution in [-0.4, -0.2) is 56.5 Å². The number of amides is 3. The van der Waals surface area contributed by atoms with E-state index in [2.05, 4.69) is 5.32 Å². The summed E-state index contributed by atoms with van der Waals surface area (Å²) in [5.74, 6) is -2.64. The normalized spacial score (nSPS) is 15.6. The molecule has 1 aliphatic heterocycles. The van der Waals surface area contributed by atoms with Crippen molar-refractivity contribution in [3.63, 3.8) is 0 Å². The van der Waals surface area contributed by atoms with Crippen molar-refractivity contribution in [2.24, 2.45) is 0 Å². The van der Waals surface area contributed by atoms with E-state index in [9.17, 15) is 29.4 Å². The van der Waals surface area contributed by atoms with Gasteiger partial charge in [0.25, 0.3) is 11.8 Å². The number of fused-ring (bicyclic) bond motifs is 3. The largest absolute Gasteiger partial charge is 0.494 e. The molecule has 2 aliphatic rings. The summed E-state index contributed by atoms with van der Waals surface area (Å²) in [5.41, 5.74) is 4.32. The number of ether oxygens (including phenoxy) is 1. The number of imide groups is 1. The van der Waals surface area contributed by atoms with Crippen LogP contribution in [0.25, 0.3) is 11.1 Å². The van der Waals surface area contributed by atoms with Gasteiger partial charge in [-0.05, 0) is 34.4 Å². The zero-order valence-corrected chi connectivity index (χ0v) is 19.6. The van der Waals surface area contributed by atoms with Gasteiger partial charge in [0.1, 0.15) is 13.2 Å². The van der Waals surface area contributed by atoms with Crippen molar-refractivity contribution in [3.05, 3.63) is 77.9 Å². The highest BCUT2D eigenvalue weighted by Crippen LogP contribution is 2.45. The number of anilines is 1. The number of aromatic hydroxyl groups is 2. The van der Waals surface area contributed by atoms with Gasteiger partial charge >= 0.3 is 5.97 Å². The molecule has 1 unspecified atom stereocenters. The average Bonchev–Trinajstić information content (AvgIpc) is 3.49. The van der Waals surface area contributed by atoms with Crippen LogP contribution in [0, 0.1) is 0 Å². The Bertz CT molecular complexity index is 1420. The van der Waals surface area contributed by atoms with Gasteiger partial charge in [-0.15, -0.1) is 0 Å². The van der Waals surface area contributed by atoms with E-state index in [1.165, 1.54) is 24.3 Å². The number of benzene rings is 2. The smallest absolute Gasteiger partial charge is 0.326 e. The predicted octanol–water partition coefficient (Wildman–Crippen LogP) is 2.51. The number of nitrogens with zero attached hydrogens (tertiary/aromatic N) is 2. The summed E-state index contributed by atoms with van der Waals surface area (Å²) in [6, 6.07) is 15.8. The van der Waals surface area contributed by atoms with Gasteiger partial charge < -0.3 is 20.3 Å².